The van der Waals surface area contributed by atoms with Crippen LogP contribution in [0.2, 0.25) is 0 Å². The minimum atomic E-state index is -4.48. The molecule has 1 unspecified atom stereocenters. The van der Waals surface area contributed by atoms with Gasteiger partial charge >= 0.3 is 12.1 Å². The number of hydrogen-bond donors (Lipinski definition) is 1. The minimum Gasteiger partial charge on any atom is -0.452 e. The molecular weight excluding hydrogens is 451 g/mol. The van der Waals surface area contributed by atoms with Crippen LogP contribution in [0.25, 0.3) is 0 Å². The second-order valence-electron chi connectivity index (χ2n) is 7.90. The number of carbonyl (C=O) groups is 3. The Morgan fingerprint density at radius 3 is 2.35 bits per heavy atom. The van der Waals surface area contributed by atoms with Crippen molar-refractivity contribution in [3.63, 3.8) is 0 Å². The third-order valence-corrected chi connectivity index (χ3v) is 5.50. The summed E-state index contributed by atoms with van der Waals surface area (Å²) in [4.78, 5) is 38.9. The van der Waals surface area contributed by atoms with Gasteiger partial charge in [0.05, 0.1) is 23.1 Å². The Morgan fingerprint density at radius 2 is 1.76 bits per heavy atom. The predicted molar refractivity (Wildman–Crippen MR) is 115 cm³/mol. The molecule has 2 amide bonds. The summed E-state index contributed by atoms with van der Waals surface area (Å²) in [6.07, 6.45) is -4.92. The van der Waals surface area contributed by atoms with E-state index < -0.39 is 41.5 Å². The van der Waals surface area contributed by atoms with Gasteiger partial charge in [-0.15, -0.1) is 0 Å². The number of alkyl halides is 3. The van der Waals surface area contributed by atoms with E-state index in [1.807, 2.05) is 6.07 Å². The first-order chi connectivity index (χ1) is 16.1. The van der Waals surface area contributed by atoms with Gasteiger partial charge in [-0.2, -0.15) is 18.4 Å². The lowest BCUT2D eigenvalue weighted by molar-refractivity contribution is -0.158. The summed E-state index contributed by atoms with van der Waals surface area (Å²) in [5.41, 5.74) is 0.0864. The molecule has 10 heteroatoms. The molecule has 1 fully saturated rings. The molecule has 1 N–H and O–H groups in total. The summed E-state index contributed by atoms with van der Waals surface area (Å²) >= 11 is 0. The van der Waals surface area contributed by atoms with Gasteiger partial charge in [0, 0.05) is 24.3 Å². The number of esters is 1. The molecule has 1 aliphatic heterocycles. The lowest BCUT2D eigenvalue weighted by atomic mass is 9.96. The van der Waals surface area contributed by atoms with Gasteiger partial charge in [-0.1, -0.05) is 6.07 Å². The van der Waals surface area contributed by atoms with Crippen LogP contribution >= 0.6 is 0 Å². The number of halogens is 3. The molecule has 2 aromatic rings. The number of nitrogens with one attached hydrogen (secondary N) is 1. The van der Waals surface area contributed by atoms with Crippen molar-refractivity contribution in [3.8, 4) is 6.07 Å². The summed E-state index contributed by atoms with van der Waals surface area (Å²) in [7, 11) is 0. The zero-order valence-electron chi connectivity index (χ0n) is 18.3. The highest BCUT2D eigenvalue weighted by molar-refractivity contribution is 5.96. The summed E-state index contributed by atoms with van der Waals surface area (Å²) < 4.78 is 43.4. The molecule has 2 aromatic carbocycles. The second-order valence-corrected chi connectivity index (χ2v) is 7.90. The van der Waals surface area contributed by atoms with Crippen molar-refractivity contribution in [2.24, 2.45) is 5.92 Å². The zero-order valence-corrected chi connectivity index (χ0v) is 18.3. The average Bonchev–Trinajstić information content (AvgIpc) is 2.83. The van der Waals surface area contributed by atoms with E-state index in [2.05, 4.69) is 5.32 Å². The Kier molecular flexibility index (Phi) is 7.56. The summed E-state index contributed by atoms with van der Waals surface area (Å²) in [6, 6.07) is 12.3. The van der Waals surface area contributed by atoms with Gasteiger partial charge in [0.1, 0.15) is 0 Å². The van der Waals surface area contributed by atoms with Crippen LogP contribution in [0.1, 0.15) is 41.3 Å². The number of rotatable bonds is 5. The lowest BCUT2D eigenvalue weighted by Gasteiger charge is -2.31. The van der Waals surface area contributed by atoms with E-state index >= 15 is 0 Å². The van der Waals surface area contributed by atoms with Gasteiger partial charge in [-0.25, -0.2) is 0 Å². The van der Waals surface area contributed by atoms with Crippen LogP contribution < -0.4 is 5.32 Å². The number of nitrogens with zero attached hydrogens (tertiary/aromatic N) is 2. The fourth-order valence-electron chi connectivity index (χ4n) is 3.54. The molecule has 3 rings (SSSR count). The maximum atomic E-state index is 12.7. The van der Waals surface area contributed by atoms with Crippen molar-refractivity contribution in [1.82, 2.24) is 4.90 Å². The average molecular weight is 473 g/mol. The van der Waals surface area contributed by atoms with Crippen molar-refractivity contribution in [3.05, 3.63) is 65.2 Å². The number of ether oxygens (including phenoxy) is 1. The molecule has 1 atom stereocenters. The molecule has 1 aliphatic rings. The molecule has 0 aliphatic carbocycles. The number of likely N-dealkylation sites (tertiary alicyclic amines) is 1. The van der Waals surface area contributed by atoms with Crippen molar-refractivity contribution >= 4 is 23.5 Å². The van der Waals surface area contributed by atoms with Crippen LogP contribution in [0.5, 0.6) is 0 Å². The molecule has 0 bridgehead atoms. The largest absolute Gasteiger partial charge is 0.452 e. The standard InChI is InChI=1S/C24H22F3N3O4/c1-15(21(31)29-20-4-2-3-16(13-20)14-28)34-23(33)18-9-11-30(12-10-18)22(32)17-5-7-19(8-6-17)24(25,26)27/h2-8,13,15,18H,9-12H2,1H3,(H,29,31). The molecule has 0 radical (unpaired) electrons. The third-order valence-electron chi connectivity index (χ3n) is 5.50. The Hall–Kier alpha value is -3.87. The van der Waals surface area contributed by atoms with Crippen LogP contribution in [0, 0.1) is 17.2 Å². The molecule has 178 valence electrons. The maximum Gasteiger partial charge on any atom is 0.416 e. The number of benzene rings is 2. The Balaban J connectivity index is 1.49. The quantitative estimate of drug-likeness (QED) is 0.662. The molecule has 0 aromatic heterocycles. The van der Waals surface area contributed by atoms with Crippen LogP contribution in [-0.4, -0.2) is 41.9 Å². The molecule has 1 heterocycles. The highest BCUT2D eigenvalue weighted by Crippen LogP contribution is 2.29. The number of carbonyl (C=O) groups excluding carboxylic acids is 3. The molecule has 0 spiro atoms. The molecule has 0 saturated carbocycles. The second kappa shape index (κ2) is 10.4. The summed E-state index contributed by atoms with van der Waals surface area (Å²) in [6.45, 7) is 1.91. The van der Waals surface area contributed by atoms with Crippen LogP contribution in [0.15, 0.2) is 48.5 Å². The number of amides is 2. The van der Waals surface area contributed by atoms with E-state index in [1.165, 1.54) is 17.9 Å². The lowest BCUT2D eigenvalue weighted by Crippen LogP contribution is -2.41. The molecule has 7 nitrogen and oxygen atoms in total. The summed E-state index contributed by atoms with van der Waals surface area (Å²) in [5.74, 6) is -2.02. The van der Waals surface area contributed by atoms with Crippen molar-refractivity contribution in [1.29, 1.82) is 5.26 Å². The number of nitriles is 1. The Labute approximate surface area is 194 Å². The highest BCUT2D eigenvalue weighted by Gasteiger charge is 2.32. The number of anilines is 1. The van der Waals surface area contributed by atoms with E-state index in [9.17, 15) is 27.6 Å². The third kappa shape index (κ3) is 6.13. The molecular formula is C24H22F3N3O4. The van der Waals surface area contributed by atoms with Crippen LogP contribution in [0.4, 0.5) is 18.9 Å². The van der Waals surface area contributed by atoms with E-state index in [0.29, 0.717) is 24.1 Å². The smallest absolute Gasteiger partial charge is 0.416 e. The van der Waals surface area contributed by atoms with Gasteiger partial charge in [0.15, 0.2) is 6.10 Å². The first-order valence-corrected chi connectivity index (χ1v) is 10.6. The van der Waals surface area contributed by atoms with Crippen LogP contribution in [-0.2, 0) is 20.5 Å². The van der Waals surface area contributed by atoms with E-state index in [1.54, 1.807) is 18.2 Å². The zero-order chi connectivity index (χ0) is 24.9. The predicted octanol–water partition coefficient (Wildman–Crippen LogP) is 4.00. The Bertz CT molecular complexity index is 1100. The normalized spacial score (nSPS) is 15.2. The Morgan fingerprint density at radius 1 is 1.12 bits per heavy atom. The monoisotopic (exact) mass is 473 g/mol. The fraction of sp³-hybridized carbons (Fsp3) is 0.333. The van der Waals surface area contributed by atoms with Crippen molar-refractivity contribution in [2.75, 3.05) is 18.4 Å². The van der Waals surface area contributed by atoms with E-state index in [0.717, 1.165) is 24.3 Å². The first-order valence-electron chi connectivity index (χ1n) is 10.6. The number of hydrogen-bond acceptors (Lipinski definition) is 5. The van der Waals surface area contributed by atoms with Crippen molar-refractivity contribution < 1.29 is 32.3 Å². The molecule has 34 heavy (non-hydrogen) atoms. The fourth-order valence-corrected chi connectivity index (χ4v) is 3.54. The van der Waals surface area contributed by atoms with Gasteiger partial charge in [0.2, 0.25) is 0 Å². The minimum absolute atomic E-state index is 0.139. The van der Waals surface area contributed by atoms with Gasteiger partial charge < -0.3 is 15.0 Å². The molecule has 1 saturated heterocycles. The number of piperidine rings is 1. The SMILES string of the molecule is CC(OC(=O)C1CCN(C(=O)c2ccc(C(F)(F)F)cc2)CC1)C(=O)Nc1cccc(C#N)c1. The van der Waals surface area contributed by atoms with Gasteiger partial charge in [-0.05, 0) is 62.2 Å². The maximum absolute atomic E-state index is 12.7. The highest BCUT2D eigenvalue weighted by atomic mass is 19.4. The van der Waals surface area contributed by atoms with Gasteiger partial charge in [-0.3, -0.25) is 14.4 Å². The van der Waals surface area contributed by atoms with Gasteiger partial charge in [0.25, 0.3) is 11.8 Å². The van der Waals surface area contributed by atoms with E-state index in [-0.39, 0.29) is 18.7 Å². The first kappa shape index (κ1) is 24.8. The topological polar surface area (TPSA) is 99.5 Å². The van der Waals surface area contributed by atoms with E-state index in [4.69, 9.17) is 10.00 Å². The van der Waals surface area contributed by atoms with Crippen molar-refractivity contribution in [2.45, 2.75) is 32.0 Å². The summed E-state index contributed by atoms with van der Waals surface area (Å²) in [5, 5.41) is 11.5. The van der Waals surface area contributed by atoms with Crippen LogP contribution in [0.3, 0.4) is 0 Å².